The molecule has 0 atom stereocenters. The van der Waals surface area contributed by atoms with Crippen molar-refractivity contribution in [2.24, 2.45) is 0 Å². The molecule has 0 spiro atoms. The summed E-state index contributed by atoms with van der Waals surface area (Å²) in [5.74, 6) is 1.69. The van der Waals surface area contributed by atoms with Crippen LogP contribution in [0.4, 0.5) is 5.82 Å². The van der Waals surface area contributed by atoms with Gasteiger partial charge in [0.25, 0.3) is 5.17 Å². The Morgan fingerprint density at radius 2 is 1.68 bits per heavy atom. The lowest BCUT2D eigenvalue weighted by atomic mass is 10.3. The maximum atomic E-state index is 5.86. The van der Waals surface area contributed by atoms with Crippen LogP contribution in [0.25, 0.3) is 11.0 Å². The number of ether oxygens (including phenoxy) is 1. The van der Waals surface area contributed by atoms with Crippen LogP contribution in [0, 0.1) is 0 Å². The van der Waals surface area contributed by atoms with E-state index in [-0.39, 0.29) is 0 Å². The number of rotatable bonds is 2. The van der Waals surface area contributed by atoms with Gasteiger partial charge >= 0.3 is 0 Å². The summed E-state index contributed by atoms with van der Waals surface area (Å²) in [7, 11) is 0. The third-order valence-corrected chi connectivity index (χ3v) is 4.50. The van der Waals surface area contributed by atoms with E-state index in [0.717, 1.165) is 43.0 Å². The molecule has 7 heteroatoms. The zero-order valence-electron chi connectivity index (χ0n) is 13.6. The Kier molecular flexibility index (Phi) is 4.39. The molecule has 2 aromatic heterocycles. The summed E-state index contributed by atoms with van der Waals surface area (Å²) in [5, 5.41) is 0.490. The van der Waals surface area contributed by atoms with Crippen molar-refractivity contribution in [3.63, 3.8) is 0 Å². The molecule has 25 heavy (non-hydrogen) atoms. The maximum absolute atomic E-state index is 5.86. The second kappa shape index (κ2) is 6.98. The van der Waals surface area contributed by atoms with Crippen LogP contribution in [0.2, 0.25) is 0 Å². The van der Waals surface area contributed by atoms with E-state index < -0.39 is 0 Å². The number of nitrogens with zero attached hydrogens (tertiary/aromatic N) is 5. The van der Waals surface area contributed by atoms with Crippen LogP contribution >= 0.6 is 12.2 Å². The molecule has 6 nitrogen and oxygen atoms in total. The van der Waals surface area contributed by atoms with Crippen LogP contribution in [0.5, 0.6) is 5.75 Å². The van der Waals surface area contributed by atoms with Crippen LogP contribution in [0.15, 0.2) is 55.0 Å². The number of piperazine rings is 1. The average molecular weight is 351 g/mol. The summed E-state index contributed by atoms with van der Waals surface area (Å²) in [5.41, 5.74) is 1.63. The van der Waals surface area contributed by atoms with Gasteiger partial charge in [0.15, 0.2) is 0 Å². The fourth-order valence-electron chi connectivity index (χ4n) is 2.83. The molecule has 0 unspecified atom stereocenters. The zero-order valence-corrected chi connectivity index (χ0v) is 14.4. The number of hydrogen-bond acceptors (Lipinski definition) is 6. The van der Waals surface area contributed by atoms with Gasteiger partial charge in [0.2, 0.25) is 0 Å². The Bertz CT molecular complexity index is 881. The third-order valence-electron chi connectivity index (χ3n) is 4.16. The molecular weight excluding hydrogens is 334 g/mol. The van der Waals surface area contributed by atoms with Gasteiger partial charge in [-0.1, -0.05) is 6.07 Å². The van der Waals surface area contributed by atoms with Crippen molar-refractivity contribution in [1.82, 2.24) is 19.9 Å². The molecule has 1 aromatic carbocycles. The van der Waals surface area contributed by atoms with E-state index in [4.69, 9.17) is 17.0 Å². The highest BCUT2D eigenvalue weighted by molar-refractivity contribution is 7.80. The predicted molar refractivity (Wildman–Crippen MR) is 101 cm³/mol. The minimum absolute atomic E-state index is 0.490. The van der Waals surface area contributed by atoms with Crippen molar-refractivity contribution in [3.8, 4) is 5.75 Å². The molecule has 0 aliphatic carbocycles. The highest BCUT2D eigenvalue weighted by Crippen LogP contribution is 2.19. The Morgan fingerprint density at radius 3 is 2.44 bits per heavy atom. The van der Waals surface area contributed by atoms with E-state index in [0.29, 0.717) is 10.9 Å². The Balaban J connectivity index is 1.38. The summed E-state index contributed by atoms with van der Waals surface area (Å²) in [6, 6.07) is 11.6. The lowest BCUT2D eigenvalue weighted by Crippen LogP contribution is -2.49. The topological polar surface area (TPSA) is 54.4 Å². The Labute approximate surface area is 151 Å². The Hall–Kier alpha value is -2.80. The van der Waals surface area contributed by atoms with Crippen LogP contribution in [-0.4, -0.2) is 51.2 Å². The number of anilines is 1. The zero-order chi connectivity index (χ0) is 17.1. The van der Waals surface area contributed by atoms with E-state index in [2.05, 4.69) is 24.8 Å². The molecule has 0 amide bonds. The number of benzene rings is 1. The lowest BCUT2D eigenvalue weighted by Gasteiger charge is -2.36. The van der Waals surface area contributed by atoms with E-state index >= 15 is 0 Å². The van der Waals surface area contributed by atoms with Crippen molar-refractivity contribution < 1.29 is 4.74 Å². The van der Waals surface area contributed by atoms with Gasteiger partial charge in [-0.3, -0.25) is 9.97 Å². The van der Waals surface area contributed by atoms with E-state index in [9.17, 15) is 0 Å². The van der Waals surface area contributed by atoms with Crippen molar-refractivity contribution in [2.45, 2.75) is 0 Å². The van der Waals surface area contributed by atoms with E-state index in [1.165, 1.54) is 0 Å². The molecule has 3 aromatic rings. The fraction of sp³-hybridized carbons (Fsp3) is 0.222. The minimum Gasteiger partial charge on any atom is -0.432 e. The van der Waals surface area contributed by atoms with Gasteiger partial charge in [-0.2, -0.15) is 0 Å². The van der Waals surface area contributed by atoms with Crippen molar-refractivity contribution in [2.75, 3.05) is 31.1 Å². The molecule has 0 saturated carbocycles. The second-order valence-electron chi connectivity index (χ2n) is 5.74. The quantitative estimate of drug-likeness (QED) is 0.658. The molecule has 1 saturated heterocycles. The molecular formula is C18H17N5OS. The minimum atomic E-state index is 0.490. The van der Waals surface area contributed by atoms with E-state index in [1.807, 2.05) is 42.6 Å². The smallest absolute Gasteiger partial charge is 0.264 e. The standard InChI is InChI=1S/C18H17N5OS/c25-18(24-14-4-5-15-16(13-14)20-8-7-19-15)23-11-9-22(10-12-23)17-3-1-2-6-21-17/h1-8,13H,9-12H2. The normalized spacial score (nSPS) is 14.6. The first-order valence-electron chi connectivity index (χ1n) is 8.13. The first-order valence-corrected chi connectivity index (χ1v) is 8.54. The van der Waals surface area contributed by atoms with Gasteiger partial charge in [-0.05, 0) is 36.5 Å². The lowest BCUT2D eigenvalue weighted by molar-refractivity contribution is 0.331. The number of thiocarbonyl (C=S) groups is 1. The van der Waals surface area contributed by atoms with E-state index in [1.54, 1.807) is 12.4 Å². The summed E-state index contributed by atoms with van der Waals surface area (Å²) < 4.78 is 5.86. The van der Waals surface area contributed by atoms with Gasteiger partial charge < -0.3 is 14.5 Å². The number of pyridine rings is 1. The van der Waals surface area contributed by atoms with Crippen molar-refractivity contribution in [3.05, 3.63) is 55.0 Å². The molecule has 1 fully saturated rings. The van der Waals surface area contributed by atoms with Gasteiger partial charge in [0.1, 0.15) is 11.6 Å². The fourth-order valence-corrected chi connectivity index (χ4v) is 3.11. The first-order chi connectivity index (χ1) is 12.3. The summed E-state index contributed by atoms with van der Waals surface area (Å²) >= 11 is 5.47. The third kappa shape index (κ3) is 3.51. The molecule has 0 bridgehead atoms. The highest BCUT2D eigenvalue weighted by Gasteiger charge is 2.21. The Morgan fingerprint density at radius 1 is 0.880 bits per heavy atom. The second-order valence-corrected chi connectivity index (χ2v) is 6.09. The molecule has 1 aliphatic heterocycles. The number of fused-ring (bicyclic) bond motifs is 1. The summed E-state index contributed by atoms with van der Waals surface area (Å²) in [6.07, 6.45) is 5.16. The SMILES string of the molecule is S=C(Oc1ccc2nccnc2c1)N1CCN(c2ccccn2)CC1. The largest absolute Gasteiger partial charge is 0.432 e. The number of hydrogen-bond donors (Lipinski definition) is 0. The van der Waals surface area contributed by atoms with Crippen LogP contribution in [0.1, 0.15) is 0 Å². The molecule has 0 N–H and O–H groups in total. The summed E-state index contributed by atoms with van der Waals surface area (Å²) in [6.45, 7) is 3.35. The van der Waals surface area contributed by atoms with Gasteiger partial charge in [-0.25, -0.2) is 4.98 Å². The highest BCUT2D eigenvalue weighted by atomic mass is 32.1. The predicted octanol–water partition coefficient (Wildman–Crippen LogP) is 2.51. The molecule has 0 radical (unpaired) electrons. The first kappa shape index (κ1) is 15.7. The molecule has 126 valence electrons. The van der Waals surface area contributed by atoms with Crippen molar-refractivity contribution >= 4 is 34.2 Å². The maximum Gasteiger partial charge on any atom is 0.264 e. The van der Waals surface area contributed by atoms with Gasteiger partial charge in [0, 0.05) is 50.8 Å². The van der Waals surface area contributed by atoms with Gasteiger partial charge in [-0.15, -0.1) is 0 Å². The van der Waals surface area contributed by atoms with Crippen LogP contribution in [-0.2, 0) is 0 Å². The summed E-state index contributed by atoms with van der Waals surface area (Å²) in [4.78, 5) is 17.3. The number of aromatic nitrogens is 3. The monoisotopic (exact) mass is 351 g/mol. The van der Waals surface area contributed by atoms with Crippen LogP contribution < -0.4 is 9.64 Å². The molecule has 4 rings (SSSR count). The van der Waals surface area contributed by atoms with Crippen LogP contribution in [0.3, 0.4) is 0 Å². The molecule has 3 heterocycles. The van der Waals surface area contributed by atoms with Crippen molar-refractivity contribution in [1.29, 1.82) is 0 Å². The van der Waals surface area contributed by atoms with Gasteiger partial charge in [0.05, 0.1) is 11.0 Å². The average Bonchev–Trinajstić information content (AvgIpc) is 2.69. The molecule has 1 aliphatic rings.